The van der Waals surface area contributed by atoms with E-state index in [4.69, 9.17) is 76.8 Å². The van der Waals surface area contributed by atoms with E-state index in [-0.39, 0.29) is 36.0 Å². The zero-order valence-electron chi connectivity index (χ0n) is 10.8. The predicted octanol–water partition coefficient (Wildman–Crippen LogP) is 3.93. The molecule has 0 aromatic carbocycles. The van der Waals surface area contributed by atoms with Gasteiger partial charge in [0.15, 0.2) is 0 Å². The van der Waals surface area contributed by atoms with Gasteiger partial charge in [0.1, 0.15) is 12.7 Å². The van der Waals surface area contributed by atoms with E-state index in [0.717, 1.165) is 0 Å². The summed E-state index contributed by atoms with van der Waals surface area (Å²) >= 11 is 28.1. The summed E-state index contributed by atoms with van der Waals surface area (Å²) in [4.78, 5) is 3.91. The summed E-state index contributed by atoms with van der Waals surface area (Å²) in [6.07, 6.45) is -2.51. The number of hydrogen-bond donors (Lipinski definition) is 1. The second-order valence-electron chi connectivity index (χ2n) is 3.70. The lowest BCUT2D eigenvalue weighted by molar-refractivity contribution is -0.254. The van der Waals surface area contributed by atoms with Gasteiger partial charge >= 0.3 is 7.82 Å². The highest BCUT2D eigenvalue weighted by molar-refractivity contribution is 7.48. The predicted molar refractivity (Wildman–Crippen MR) is 84.4 cm³/mol. The molecule has 1 unspecified atom stereocenters. The Bertz CT molecular complexity index is 286. The summed E-state index contributed by atoms with van der Waals surface area (Å²) in [6, 6.07) is 0. The van der Waals surface area contributed by atoms with E-state index in [1.165, 1.54) is 0 Å². The second-order valence-corrected chi connectivity index (χ2v) is 6.77. The Morgan fingerprint density at radius 2 is 1.10 bits per heavy atom. The highest BCUT2D eigenvalue weighted by Gasteiger charge is 2.36. The number of phosphoric ester groups is 1. The summed E-state index contributed by atoms with van der Waals surface area (Å²) in [7, 11) is -4.11. The third-order valence-electron chi connectivity index (χ3n) is 1.96. The van der Waals surface area contributed by atoms with Gasteiger partial charge in [-0.2, -0.15) is 0 Å². The number of hydrogen-bond acceptors (Lipinski definition) is 6. The highest BCUT2D eigenvalue weighted by atomic mass is 35.5. The van der Waals surface area contributed by atoms with Crippen molar-refractivity contribution in [2.75, 3.05) is 36.0 Å². The minimum Gasteiger partial charge on any atom is -0.281 e. The quantitative estimate of drug-likeness (QED) is 0.207. The van der Waals surface area contributed by atoms with Crippen LogP contribution in [0.3, 0.4) is 0 Å². The first-order valence-electron chi connectivity index (χ1n) is 5.69. The molecule has 0 aliphatic heterocycles. The Morgan fingerprint density at radius 1 is 0.762 bits per heavy atom. The van der Waals surface area contributed by atoms with Gasteiger partial charge in [-0.1, -0.05) is 0 Å². The van der Waals surface area contributed by atoms with Gasteiger partial charge in [0.2, 0.25) is 0 Å². The highest BCUT2D eigenvalue weighted by Crippen LogP contribution is 2.53. The van der Waals surface area contributed by atoms with Gasteiger partial charge in [-0.3, -0.25) is 18.8 Å². The SMILES string of the molecule is O=P(OC(CCl)CCl)(OC(CCl)CCl)OC(CCl)COO. The molecule has 0 aliphatic carbocycles. The molecule has 0 rings (SSSR count). The average Bonchev–Trinajstić information content (AvgIpc) is 2.50. The summed E-state index contributed by atoms with van der Waals surface area (Å²) < 4.78 is 28.1. The minimum atomic E-state index is -4.11. The van der Waals surface area contributed by atoms with Gasteiger partial charge in [-0.05, 0) is 0 Å². The van der Waals surface area contributed by atoms with Gasteiger partial charge in [0.05, 0.1) is 41.6 Å². The van der Waals surface area contributed by atoms with Crippen LogP contribution in [0.25, 0.3) is 0 Å². The molecule has 0 aromatic heterocycles. The largest absolute Gasteiger partial charge is 0.475 e. The van der Waals surface area contributed by atoms with Crippen molar-refractivity contribution in [2.24, 2.45) is 0 Å². The van der Waals surface area contributed by atoms with Crippen LogP contribution in [-0.4, -0.2) is 59.6 Å². The lowest BCUT2D eigenvalue weighted by Crippen LogP contribution is -2.26. The number of phosphoric acid groups is 1. The molecule has 0 fully saturated rings. The van der Waals surface area contributed by atoms with Crippen LogP contribution < -0.4 is 0 Å². The minimum absolute atomic E-state index is 0.0331. The smallest absolute Gasteiger partial charge is 0.281 e. The third kappa shape index (κ3) is 9.38. The van der Waals surface area contributed by atoms with E-state index in [0.29, 0.717) is 0 Å². The molecule has 1 atom stereocenters. The van der Waals surface area contributed by atoms with Crippen molar-refractivity contribution in [2.45, 2.75) is 18.3 Å². The summed E-state index contributed by atoms with van der Waals surface area (Å²) in [5.74, 6) is -0.261. The van der Waals surface area contributed by atoms with Crippen LogP contribution in [0.1, 0.15) is 0 Å². The maximum absolute atomic E-state index is 12.6. The molecule has 0 radical (unpaired) electrons. The first-order valence-corrected chi connectivity index (χ1v) is 9.83. The second kappa shape index (κ2) is 12.8. The molecule has 6 nitrogen and oxygen atoms in total. The van der Waals surface area contributed by atoms with Gasteiger partial charge in [-0.25, -0.2) is 9.45 Å². The fourth-order valence-electron chi connectivity index (χ4n) is 1.00. The van der Waals surface area contributed by atoms with Crippen LogP contribution in [0.2, 0.25) is 0 Å². The van der Waals surface area contributed by atoms with Crippen LogP contribution in [0.15, 0.2) is 0 Å². The first-order chi connectivity index (χ1) is 9.98. The lowest BCUT2D eigenvalue weighted by atomic mass is 10.4. The molecule has 12 heteroatoms. The Balaban J connectivity index is 4.99. The van der Waals surface area contributed by atoms with Crippen molar-refractivity contribution in [3.63, 3.8) is 0 Å². The molecule has 0 aromatic rings. The normalized spacial score (nSPS) is 14.1. The van der Waals surface area contributed by atoms with E-state index >= 15 is 0 Å². The lowest BCUT2D eigenvalue weighted by Gasteiger charge is -2.27. The molecule has 0 bridgehead atoms. The van der Waals surface area contributed by atoms with Gasteiger partial charge in [0, 0.05) is 0 Å². The molecule has 0 heterocycles. The van der Waals surface area contributed by atoms with Crippen LogP contribution in [0.4, 0.5) is 0 Å². The van der Waals surface area contributed by atoms with Crippen LogP contribution >= 0.6 is 65.8 Å². The molecular weight excluding hydrogens is 412 g/mol. The van der Waals surface area contributed by atoms with Crippen molar-refractivity contribution in [1.82, 2.24) is 0 Å². The molecule has 0 aliphatic rings. The van der Waals surface area contributed by atoms with Gasteiger partial charge in [0.25, 0.3) is 0 Å². The van der Waals surface area contributed by atoms with Crippen LogP contribution in [-0.2, 0) is 23.0 Å². The zero-order valence-corrected chi connectivity index (χ0v) is 15.5. The molecule has 1 N–H and O–H groups in total. The fourth-order valence-corrected chi connectivity index (χ4v) is 4.18. The summed E-state index contributed by atoms with van der Waals surface area (Å²) in [6.45, 7) is -0.334. The third-order valence-corrected chi connectivity index (χ3v) is 5.35. The molecule has 21 heavy (non-hydrogen) atoms. The van der Waals surface area contributed by atoms with E-state index in [1.54, 1.807) is 0 Å². The molecule has 0 amide bonds. The summed E-state index contributed by atoms with van der Waals surface area (Å²) in [5, 5.41) is 8.42. The van der Waals surface area contributed by atoms with Crippen molar-refractivity contribution < 1.29 is 28.3 Å². The van der Waals surface area contributed by atoms with Crippen molar-refractivity contribution in [1.29, 1.82) is 0 Å². The van der Waals surface area contributed by atoms with Crippen LogP contribution in [0, 0.1) is 0 Å². The van der Waals surface area contributed by atoms with Gasteiger partial charge < -0.3 is 0 Å². The molecular formula is C9H16Cl5O6P. The van der Waals surface area contributed by atoms with Crippen molar-refractivity contribution in [3.8, 4) is 0 Å². The number of alkyl halides is 5. The average molecular weight is 428 g/mol. The first kappa shape index (κ1) is 22.5. The van der Waals surface area contributed by atoms with E-state index < -0.39 is 26.1 Å². The Morgan fingerprint density at radius 3 is 1.38 bits per heavy atom. The zero-order chi connectivity index (χ0) is 16.3. The Kier molecular flexibility index (Phi) is 13.8. The topological polar surface area (TPSA) is 74.2 Å². The summed E-state index contributed by atoms with van der Waals surface area (Å²) in [5.41, 5.74) is 0. The Hall–Kier alpha value is 1.48. The Labute approximate surface area is 148 Å². The molecule has 0 saturated heterocycles. The van der Waals surface area contributed by atoms with Crippen LogP contribution in [0.5, 0.6) is 0 Å². The van der Waals surface area contributed by atoms with Crippen molar-refractivity contribution in [3.05, 3.63) is 0 Å². The number of rotatable bonds is 13. The van der Waals surface area contributed by atoms with Gasteiger partial charge in [-0.15, -0.1) is 58.0 Å². The van der Waals surface area contributed by atoms with E-state index in [2.05, 4.69) is 4.89 Å². The molecule has 128 valence electrons. The fraction of sp³-hybridized carbons (Fsp3) is 1.00. The maximum Gasteiger partial charge on any atom is 0.475 e. The van der Waals surface area contributed by atoms with E-state index in [1.807, 2.05) is 0 Å². The number of halogens is 5. The molecule has 0 saturated carbocycles. The monoisotopic (exact) mass is 426 g/mol. The van der Waals surface area contributed by atoms with E-state index in [9.17, 15) is 4.57 Å². The standard InChI is InChI=1S/C9H16Cl5O6P/c10-1-7(2-11)18-21(16,19-8(3-12)4-13)20-9(5-14)6-17-15/h7-9,15H,1-6H2. The van der Waals surface area contributed by atoms with Crippen molar-refractivity contribution >= 4 is 65.8 Å². The maximum atomic E-state index is 12.6. The molecule has 0 spiro atoms.